The third kappa shape index (κ3) is 4.94. The van der Waals surface area contributed by atoms with E-state index in [0.29, 0.717) is 19.0 Å². The second-order valence-corrected chi connectivity index (χ2v) is 6.29. The summed E-state index contributed by atoms with van der Waals surface area (Å²) in [5.74, 6) is 0. The molecule has 0 bridgehead atoms. The highest BCUT2D eigenvalue weighted by molar-refractivity contribution is 5.74. The zero-order valence-electron chi connectivity index (χ0n) is 12.6. The van der Waals surface area contributed by atoms with Crippen molar-refractivity contribution in [1.82, 2.24) is 15.5 Å². The minimum atomic E-state index is -0.357. The van der Waals surface area contributed by atoms with E-state index in [1.807, 2.05) is 0 Å². The summed E-state index contributed by atoms with van der Waals surface area (Å²) >= 11 is 0. The van der Waals surface area contributed by atoms with Gasteiger partial charge < -0.3 is 20.6 Å². The van der Waals surface area contributed by atoms with Crippen molar-refractivity contribution < 1.29 is 9.90 Å². The fraction of sp³-hybridized carbons (Fsp3) is 0.933. The van der Waals surface area contributed by atoms with Gasteiger partial charge in [-0.1, -0.05) is 12.8 Å². The number of amides is 2. The Morgan fingerprint density at radius 3 is 2.50 bits per heavy atom. The molecule has 1 aliphatic carbocycles. The van der Waals surface area contributed by atoms with Crippen LogP contribution in [0.1, 0.15) is 51.9 Å². The first-order chi connectivity index (χ1) is 9.65. The van der Waals surface area contributed by atoms with Crippen molar-refractivity contribution >= 4 is 6.03 Å². The van der Waals surface area contributed by atoms with E-state index in [1.54, 1.807) is 6.92 Å². The molecule has 2 aliphatic rings. The fourth-order valence-electron chi connectivity index (χ4n) is 3.31. The van der Waals surface area contributed by atoms with Gasteiger partial charge in [-0.3, -0.25) is 0 Å². The SMILES string of the molecule is CC(O)CCNC(=O)NC1CCN(C2CCCC2)CC1. The lowest BCUT2D eigenvalue weighted by molar-refractivity contribution is 0.145. The van der Waals surface area contributed by atoms with Gasteiger partial charge in [0.2, 0.25) is 0 Å². The van der Waals surface area contributed by atoms with Crippen molar-refractivity contribution in [3.8, 4) is 0 Å². The number of nitrogens with zero attached hydrogens (tertiary/aromatic N) is 1. The highest BCUT2D eigenvalue weighted by atomic mass is 16.3. The van der Waals surface area contributed by atoms with E-state index in [4.69, 9.17) is 5.11 Å². The van der Waals surface area contributed by atoms with Gasteiger partial charge in [0, 0.05) is 31.7 Å². The molecule has 2 rings (SSSR count). The number of carbonyl (C=O) groups is 1. The molecule has 3 N–H and O–H groups in total. The molecule has 1 saturated heterocycles. The standard InChI is InChI=1S/C15H29N3O2/c1-12(19)6-9-16-15(20)17-13-7-10-18(11-8-13)14-4-2-3-5-14/h12-14,19H,2-11H2,1H3,(H2,16,17,20). The monoisotopic (exact) mass is 283 g/mol. The summed E-state index contributed by atoms with van der Waals surface area (Å²) in [4.78, 5) is 14.3. The van der Waals surface area contributed by atoms with Crippen LogP contribution in [0.3, 0.4) is 0 Å². The maximum atomic E-state index is 11.7. The molecule has 0 aromatic rings. The second kappa shape index (κ2) is 7.84. The van der Waals surface area contributed by atoms with Gasteiger partial charge >= 0.3 is 6.03 Å². The van der Waals surface area contributed by atoms with Crippen LogP contribution in [0.5, 0.6) is 0 Å². The lowest BCUT2D eigenvalue weighted by Crippen LogP contribution is -2.49. The van der Waals surface area contributed by atoms with Crippen molar-refractivity contribution in [2.75, 3.05) is 19.6 Å². The number of aliphatic hydroxyl groups excluding tert-OH is 1. The largest absolute Gasteiger partial charge is 0.393 e. The number of hydrogen-bond donors (Lipinski definition) is 3. The molecule has 2 amide bonds. The molecule has 1 heterocycles. The lowest BCUT2D eigenvalue weighted by Gasteiger charge is -2.36. The van der Waals surface area contributed by atoms with E-state index in [2.05, 4.69) is 15.5 Å². The van der Waals surface area contributed by atoms with Gasteiger partial charge in [-0.25, -0.2) is 4.79 Å². The van der Waals surface area contributed by atoms with Crippen LogP contribution < -0.4 is 10.6 Å². The minimum Gasteiger partial charge on any atom is -0.393 e. The smallest absolute Gasteiger partial charge is 0.315 e. The maximum absolute atomic E-state index is 11.7. The van der Waals surface area contributed by atoms with E-state index < -0.39 is 0 Å². The van der Waals surface area contributed by atoms with Crippen LogP contribution in [0.25, 0.3) is 0 Å². The van der Waals surface area contributed by atoms with Crippen LogP contribution in [-0.4, -0.2) is 53.9 Å². The summed E-state index contributed by atoms with van der Waals surface area (Å²) in [6, 6.07) is 1.01. The van der Waals surface area contributed by atoms with Crippen molar-refractivity contribution in [1.29, 1.82) is 0 Å². The zero-order chi connectivity index (χ0) is 14.4. The Bertz CT molecular complexity index is 295. The van der Waals surface area contributed by atoms with Gasteiger partial charge in [-0.05, 0) is 39.0 Å². The van der Waals surface area contributed by atoms with Gasteiger partial charge in [-0.2, -0.15) is 0 Å². The van der Waals surface area contributed by atoms with E-state index in [1.165, 1.54) is 25.7 Å². The summed E-state index contributed by atoms with van der Waals surface area (Å²) in [5.41, 5.74) is 0. The predicted molar refractivity (Wildman–Crippen MR) is 79.7 cm³/mol. The molecule has 116 valence electrons. The van der Waals surface area contributed by atoms with Crippen molar-refractivity contribution in [2.45, 2.75) is 70.1 Å². The number of urea groups is 1. The molecular weight excluding hydrogens is 254 g/mol. The number of nitrogens with one attached hydrogen (secondary N) is 2. The number of carbonyl (C=O) groups excluding carboxylic acids is 1. The summed E-state index contributed by atoms with van der Waals surface area (Å²) in [6.07, 6.45) is 7.84. The van der Waals surface area contributed by atoms with E-state index in [0.717, 1.165) is 32.0 Å². The number of rotatable bonds is 5. The summed E-state index contributed by atoms with van der Waals surface area (Å²) in [7, 11) is 0. The molecule has 1 atom stereocenters. The Balaban J connectivity index is 1.60. The molecule has 0 radical (unpaired) electrons. The highest BCUT2D eigenvalue weighted by Gasteiger charge is 2.27. The van der Waals surface area contributed by atoms with E-state index in [-0.39, 0.29) is 12.1 Å². The van der Waals surface area contributed by atoms with Crippen LogP contribution in [0, 0.1) is 0 Å². The molecule has 0 aromatic heterocycles. The Kier molecular flexibility index (Phi) is 6.10. The van der Waals surface area contributed by atoms with Crippen molar-refractivity contribution in [3.05, 3.63) is 0 Å². The number of hydrogen-bond acceptors (Lipinski definition) is 3. The molecular formula is C15H29N3O2. The molecule has 5 nitrogen and oxygen atoms in total. The van der Waals surface area contributed by atoms with Gasteiger partial charge in [0.05, 0.1) is 6.10 Å². The molecule has 5 heteroatoms. The average molecular weight is 283 g/mol. The van der Waals surface area contributed by atoms with Gasteiger partial charge in [-0.15, -0.1) is 0 Å². The van der Waals surface area contributed by atoms with Crippen molar-refractivity contribution in [2.24, 2.45) is 0 Å². The van der Waals surface area contributed by atoms with Crippen molar-refractivity contribution in [3.63, 3.8) is 0 Å². The quantitative estimate of drug-likeness (QED) is 0.716. The first-order valence-corrected chi connectivity index (χ1v) is 8.11. The molecule has 1 unspecified atom stereocenters. The third-order valence-electron chi connectivity index (χ3n) is 4.55. The van der Waals surface area contributed by atoms with Crippen LogP contribution in [0.4, 0.5) is 4.79 Å². The highest BCUT2D eigenvalue weighted by Crippen LogP contribution is 2.26. The summed E-state index contributed by atoms with van der Waals surface area (Å²) < 4.78 is 0. The molecule has 0 spiro atoms. The van der Waals surface area contributed by atoms with Crippen LogP contribution in [0.2, 0.25) is 0 Å². The topological polar surface area (TPSA) is 64.6 Å². The normalized spacial score (nSPS) is 23.7. The third-order valence-corrected chi connectivity index (χ3v) is 4.55. The zero-order valence-corrected chi connectivity index (χ0v) is 12.6. The Labute approximate surface area is 122 Å². The Morgan fingerprint density at radius 2 is 1.90 bits per heavy atom. The second-order valence-electron chi connectivity index (χ2n) is 6.29. The van der Waals surface area contributed by atoms with E-state index >= 15 is 0 Å². The summed E-state index contributed by atoms with van der Waals surface area (Å²) in [5, 5.41) is 15.0. The number of aliphatic hydroxyl groups is 1. The first kappa shape index (κ1) is 15.6. The molecule has 0 aromatic carbocycles. The first-order valence-electron chi connectivity index (χ1n) is 8.11. The minimum absolute atomic E-state index is 0.0926. The molecule has 20 heavy (non-hydrogen) atoms. The molecule has 1 aliphatic heterocycles. The van der Waals surface area contributed by atoms with Gasteiger partial charge in [0.25, 0.3) is 0 Å². The average Bonchev–Trinajstić information content (AvgIpc) is 2.93. The Hall–Kier alpha value is -0.810. The number of likely N-dealkylation sites (tertiary alicyclic amines) is 1. The van der Waals surface area contributed by atoms with Gasteiger partial charge in [0.15, 0.2) is 0 Å². The number of piperidine rings is 1. The lowest BCUT2D eigenvalue weighted by atomic mass is 10.0. The molecule has 2 fully saturated rings. The van der Waals surface area contributed by atoms with Crippen LogP contribution in [0.15, 0.2) is 0 Å². The fourth-order valence-corrected chi connectivity index (χ4v) is 3.31. The van der Waals surface area contributed by atoms with Crippen LogP contribution in [-0.2, 0) is 0 Å². The van der Waals surface area contributed by atoms with Crippen LogP contribution >= 0.6 is 0 Å². The Morgan fingerprint density at radius 1 is 1.25 bits per heavy atom. The predicted octanol–water partition coefficient (Wildman–Crippen LogP) is 1.46. The van der Waals surface area contributed by atoms with Gasteiger partial charge in [0.1, 0.15) is 0 Å². The van der Waals surface area contributed by atoms with E-state index in [9.17, 15) is 4.79 Å². The maximum Gasteiger partial charge on any atom is 0.315 e. The molecule has 1 saturated carbocycles. The summed E-state index contributed by atoms with van der Waals surface area (Å²) in [6.45, 7) is 4.50.